The summed E-state index contributed by atoms with van der Waals surface area (Å²) in [5.74, 6) is 0. The number of rotatable bonds is 10. The van der Waals surface area contributed by atoms with E-state index in [9.17, 15) is 0 Å². The van der Waals surface area contributed by atoms with Crippen molar-refractivity contribution in [2.24, 2.45) is 5.41 Å². The summed E-state index contributed by atoms with van der Waals surface area (Å²) in [6.45, 7) is 21.9. The Hall–Kier alpha value is -0.0800. The first-order chi connectivity index (χ1) is 9.64. The maximum absolute atomic E-state index is 3.60. The minimum Gasteiger partial charge on any atom is -0.316 e. The molecule has 0 aliphatic rings. The van der Waals surface area contributed by atoms with Crippen LogP contribution in [-0.2, 0) is 0 Å². The molecule has 0 heterocycles. The summed E-state index contributed by atoms with van der Waals surface area (Å²) in [5, 5.41) is 3.60. The lowest BCUT2D eigenvalue weighted by molar-refractivity contribution is 0.192. The topological polar surface area (TPSA) is 15.3 Å². The van der Waals surface area contributed by atoms with Gasteiger partial charge in [-0.25, -0.2) is 0 Å². The summed E-state index contributed by atoms with van der Waals surface area (Å²) in [6.07, 6.45) is 5.13. The molecule has 1 N–H and O–H groups in total. The maximum atomic E-state index is 3.60. The van der Waals surface area contributed by atoms with Crippen molar-refractivity contribution >= 4 is 0 Å². The molecule has 2 nitrogen and oxygen atoms in total. The Bertz CT molecular complexity index is 153. The van der Waals surface area contributed by atoms with Crippen molar-refractivity contribution in [1.82, 2.24) is 10.2 Å². The monoisotopic (exact) mass is 288 g/mol. The summed E-state index contributed by atoms with van der Waals surface area (Å²) in [6, 6.07) is 0. The molecule has 0 aromatic rings. The second-order valence-corrected chi connectivity index (χ2v) is 5.03. The fourth-order valence-electron chi connectivity index (χ4n) is 2.06. The van der Waals surface area contributed by atoms with Crippen LogP contribution in [0.5, 0.6) is 0 Å². The lowest BCUT2D eigenvalue weighted by Gasteiger charge is -2.33. The van der Waals surface area contributed by atoms with Crippen LogP contribution in [0.1, 0.15) is 81.1 Å². The van der Waals surface area contributed by atoms with Crippen LogP contribution < -0.4 is 5.32 Å². The van der Waals surface area contributed by atoms with Crippen LogP contribution in [0.25, 0.3) is 0 Å². The van der Waals surface area contributed by atoms with E-state index in [1.165, 1.54) is 38.8 Å². The van der Waals surface area contributed by atoms with Gasteiger partial charge >= 0.3 is 0 Å². The van der Waals surface area contributed by atoms with E-state index < -0.39 is 0 Å². The standard InChI is InChI=1S/C14H32N2.2C2H6/c1-6-11-15-13-14(7-2,8-3)10-12-16(5)9-4;2*1-2/h15H,6-13H2,1-5H3;2*1-2H3. The molecule has 0 unspecified atom stereocenters. The summed E-state index contributed by atoms with van der Waals surface area (Å²) in [7, 11) is 2.22. The average molecular weight is 289 g/mol. The van der Waals surface area contributed by atoms with E-state index in [2.05, 4.69) is 45.0 Å². The predicted octanol–water partition coefficient (Wildman–Crippen LogP) is 5.19. The van der Waals surface area contributed by atoms with Crippen LogP contribution in [0.15, 0.2) is 0 Å². The van der Waals surface area contributed by atoms with Gasteiger partial charge < -0.3 is 10.2 Å². The molecule has 0 saturated carbocycles. The Labute approximate surface area is 130 Å². The van der Waals surface area contributed by atoms with Gasteiger partial charge in [0.2, 0.25) is 0 Å². The molecule has 20 heavy (non-hydrogen) atoms. The van der Waals surface area contributed by atoms with E-state index in [0.29, 0.717) is 5.41 Å². The van der Waals surface area contributed by atoms with Crippen LogP contribution in [-0.4, -0.2) is 38.1 Å². The highest BCUT2D eigenvalue weighted by molar-refractivity contribution is 4.80. The minimum atomic E-state index is 0.512. The molecule has 0 saturated heterocycles. The predicted molar refractivity (Wildman–Crippen MR) is 96.7 cm³/mol. The molecular weight excluding hydrogens is 244 g/mol. The number of hydrogen-bond acceptors (Lipinski definition) is 2. The highest BCUT2D eigenvalue weighted by Crippen LogP contribution is 2.29. The molecule has 0 aliphatic heterocycles. The van der Waals surface area contributed by atoms with Crippen molar-refractivity contribution in [3.63, 3.8) is 0 Å². The molecule has 0 radical (unpaired) electrons. The summed E-state index contributed by atoms with van der Waals surface area (Å²) in [5.41, 5.74) is 0.512. The number of nitrogens with zero attached hydrogens (tertiary/aromatic N) is 1. The van der Waals surface area contributed by atoms with Gasteiger partial charge in [0.15, 0.2) is 0 Å². The molecule has 0 bridgehead atoms. The van der Waals surface area contributed by atoms with Crippen LogP contribution in [0.3, 0.4) is 0 Å². The normalized spacial score (nSPS) is 10.5. The van der Waals surface area contributed by atoms with Gasteiger partial charge in [-0.15, -0.1) is 0 Å². The van der Waals surface area contributed by atoms with E-state index in [1.807, 2.05) is 27.7 Å². The Morgan fingerprint density at radius 1 is 0.900 bits per heavy atom. The second kappa shape index (κ2) is 18.9. The highest BCUT2D eigenvalue weighted by atomic mass is 15.1. The zero-order valence-corrected chi connectivity index (χ0v) is 16.1. The second-order valence-electron chi connectivity index (χ2n) is 5.03. The molecule has 0 spiro atoms. The molecule has 0 atom stereocenters. The number of nitrogens with one attached hydrogen (secondary N) is 1. The summed E-state index contributed by atoms with van der Waals surface area (Å²) < 4.78 is 0. The molecule has 0 amide bonds. The highest BCUT2D eigenvalue weighted by Gasteiger charge is 2.25. The number of hydrogen-bond donors (Lipinski definition) is 1. The summed E-state index contributed by atoms with van der Waals surface area (Å²) >= 11 is 0. The largest absolute Gasteiger partial charge is 0.316 e. The van der Waals surface area contributed by atoms with Gasteiger partial charge in [0.05, 0.1) is 0 Å². The Balaban J connectivity index is -0.000000656. The molecule has 0 fully saturated rings. The SMILES string of the molecule is CC.CC.CCCNCC(CC)(CC)CCN(C)CC. The fraction of sp³-hybridized carbons (Fsp3) is 1.00. The van der Waals surface area contributed by atoms with Crippen molar-refractivity contribution in [1.29, 1.82) is 0 Å². The molecule has 126 valence electrons. The third-order valence-electron chi connectivity index (χ3n) is 3.99. The van der Waals surface area contributed by atoms with Crippen LogP contribution in [0.4, 0.5) is 0 Å². The quantitative estimate of drug-likeness (QED) is 0.557. The van der Waals surface area contributed by atoms with Gasteiger partial charge in [-0.3, -0.25) is 0 Å². The van der Waals surface area contributed by atoms with E-state index in [-0.39, 0.29) is 0 Å². The third kappa shape index (κ3) is 12.9. The summed E-state index contributed by atoms with van der Waals surface area (Å²) in [4.78, 5) is 2.42. The van der Waals surface area contributed by atoms with Gasteiger partial charge in [-0.05, 0) is 57.8 Å². The van der Waals surface area contributed by atoms with Crippen LogP contribution in [0, 0.1) is 5.41 Å². The third-order valence-corrected chi connectivity index (χ3v) is 3.99. The van der Waals surface area contributed by atoms with Crippen molar-refractivity contribution in [2.45, 2.75) is 81.1 Å². The Morgan fingerprint density at radius 3 is 1.75 bits per heavy atom. The van der Waals surface area contributed by atoms with Gasteiger partial charge in [-0.2, -0.15) is 0 Å². The van der Waals surface area contributed by atoms with Crippen molar-refractivity contribution < 1.29 is 0 Å². The average Bonchev–Trinajstić information content (AvgIpc) is 2.54. The molecule has 0 aromatic heterocycles. The zero-order valence-electron chi connectivity index (χ0n) is 16.1. The Kier molecular flexibility index (Phi) is 23.6. The van der Waals surface area contributed by atoms with Gasteiger partial charge in [0.1, 0.15) is 0 Å². The molecule has 0 aromatic carbocycles. The minimum absolute atomic E-state index is 0.512. The zero-order chi connectivity index (χ0) is 16.4. The lowest BCUT2D eigenvalue weighted by atomic mass is 9.79. The van der Waals surface area contributed by atoms with Crippen LogP contribution >= 0.6 is 0 Å². The van der Waals surface area contributed by atoms with E-state index in [1.54, 1.807) is 0 Å². The molecular formula is C18H44N2. The van der Waals surface area contributed by atoms with Crippen LogP contribution in [0.2, 0.25) is 0 Å². The maximum Gasteiger partial charge on any atom is 0.000808 e. The van der Waals surface area contributed by atoms with E-state index >= 15 is 0 Å². The van der Waals surface area contributed by atoms with E-state index in [0.717, 1.165) is 13.1 Å². The van der Waals surface area contributed by atoms with Crippen molar-refractivity contribution in [3.05, 3.63) is 0 Å². The van der Waals surface area contributed by atoms with Gasteiger partial charge in [-0.1, -0.05) is 55.4 Å². The smallest absolute Gasteiger partial charge is 0.000808 e. The van der Waals surface area contributed by atoms with Crippen molar-refractivity contribution in [2.75, 3.05) is 33.2 Å². The molecule has 2 heteroatoms. The Morgan fingerprint density at radius 2 is 1.40 bits per heavy atom. The first kappa shape index (κ1) is 24.9. The van der Waals surface area contributed by atoms with Gasteiger partial charge in [0.25, 0.3) is 0 Å². The molecule has 0 aliphatic carbocycles. The van der Waals surface area contributed by atoms with Crippen molar-refractivity contribution in [3.8, 4) is 0 Å². The van der Waals surface area contributed by atoms with Gasteiger partial charge in [0, 0.05) is 6.54 Å². The first-order valence-corrected chi connectivity index (χ1v) is 9.03. The van der Waals surface area contributed by atoms with E-state index in [4.69, 9.17) is 0 Å². The molecule has 0 rings (SSSR count). The lowest BCUT2D eigenvalue weighted by Crippen LogP contribution is -2.36. The first-order valence-electron chi connectivity index (χ1n) is 9.03. The fourth-order valence-corrected chi connectivity index (χ4v) is 2.06.